The van der Waals surface area contributed by atoms with E-state index in [1.807, 2.05) is 0 Å². The summed E-state index contributed by atoms with van der Waals surface area (Å²) in [5, 5.41) is 4.52. The maximum Gasteiger partial charge on any atom is 0.265 e. The van der Waals surface area contributed by atoms with Crippen molar-refractivity contribution in [3.8, 4) is 11.5 Å². The Morgan fingerprint density at radius 3 is 2.53 bits per heavy atom. The van der Waals surface area contributed by atoms with Gasteiger partial charge in [-0.05, 0) is 12.1 Å². The Bertz CT molecular complexity index is 595. The number of amides is 1. The van der Waals surface area contributed by atoms with Crippen molar-refractivity contribution in [1.29, 1.82) is 0 Å². The topological polar surface area (TPSA) is 73.6 Å². The van der Waals surface area contributed by atoms with Gasteiger partial charge in [-0.25, -0.2) is 0 Å². The number of carbonyl (C=O) groups is 1. The third kappa shape index (κ3) is 2.97. The number of thiophene rings is 1. The van der Waals surface area contributed by atoms with Gasteiger partial charge < -0.3 is 20.5 Å². The minimum absolute atomic E-state index is 0.217. The molecule has 100 valence electrons. The largest absolute Gasteiger partial charge is 0.497 e. The molecule has 0 aliphatic carbocycles. The van der Waals surface area contributed by atoms with Gasteiger partial charge in [-0.3, -0.25) is 4.79 Å². The average molecular weight is 278 g/mol. The summed E-state index contributed by atoms with van der Waals surface area (Å²) >= 11 is 1.31. The maximum atomic E-state index is 12.0. The molecule has 2 rings (SSSR count). The van der Waals surface area contributed by atoms with Crippen LogP contribution in [-0.2, 0) is 0 Å². The molecule has 1 heterocycles. The van der Waals surface area contributed by atoms with E-state index < -0.39 is 0 Å². The van der Waals surface area contributed by atoms with Crippen LogP contribution in [0.5, 0.6) is 11.5 Å². The third-order valence-electron chi connectivity index (χ3n) is 2.54. The zero-order valence-corrected chi connectivity index (χ0v) is 11.4. The number of nitrogens with one attached hydrogen (secondary N) is 1. The quantitative estimate of drug-likeness (QED) is 0.843. The van der Waals surface area contributed by atoms with Gasteiger partial charge in [0.1, 0.15) is 11.5 Å². The van der Waals surface area contributed by atoms with Crippen molar-refractivity contribution < 1.29 is 14.3 Å². The Kier molecular flexibility index (Phi) is 3.91. The Morgan fingerprint density at radius 2 is 1.95 bits per heavy atom. The van der Waals surface area contributed by atoms with Gasteiger partial charge in [0.05, 0.1) is 30.5 Å². The first kappa shape index (κ1) is 13.2. The highest BCUT2D eigenvalue weighted by Crippen LogP contribution is 2.26. The predicted octanol–water partition coefficient (Wildman–Crippen LogP) is 2.60. The van der Waals surface area contributed by atoms with Crippen LogP contribution in [0.2, 0.25) is 0 Å². The fourth-order valence-electron chi connectivity index (χ4n) is 1.51. The molecule has 0 aliphatic heterocycles. The summed E-state index contributed by atoms with van der Waals surface area (Å²) in [6.07, 6.45) is 0. The molecule has 19 heavy (non-hydrogen) atoms. The molecule has 0 spiro atoms. The monoisotopic (exact) mass is 278 g/mol. The fourth-order valence-corrected chi connectivity index (χ4v) is 2.26. The molecule has 1 amide bonds. The summed E-state index contributed by atoms with van der Waals surface area (Å²) in [4.78, 5) is 12.6. The number of ether oxygens (including phenoxy) is 2. The highest BCUT2D eigenvalue weighted by Gasteiger charge is 2.11. The van der Waals surface area contributed by atoms with Gasteiger partial charge in [-0.15, -0.1) is 11.3 Å². The molecule has 0 aliphatic rings. The number of carbonyl (C=O) groups excluding carboxylic acids is 1. The number of anilines is 2. The summed E-state index contributed by atoms with van der Waals surface area (Å²) in [7, 11) is 3.12. The molecule has 0 saturated heterocycles. The van der Waals surface area contributed by atoms with Crippen LogP contribution in [0.3, 0.4) is 0 Å². The number of hydrogen-bond donors (Lipinski definition) is 2. The van der Waals surface area contributed by atoms with Crippen LogP contribution < -0.4 is 20.5 Å². The second kappa shape index (κ2) is 5.62. The van der Waals surface area contributed by atoms with E-state index in [1.54, 1.807) is 43.9 Å². The van der Waals surface area contributed by atoms with E-state index >= 15 is 0 Å². The normalized spacial score (nSPS) is 10.0. The molecule has 0 radical (unpaired) electrons. The Labute approximate surface area is 115 Å². The average Bonchev–Trinajstić information content (AvgIpc) is 2.90. The number of hydrogen-bond acceptors (Lipinski definition) is 5. The van der Waals surface area contributed by atoms with E-state index in [4.69, 9.17) is 15.2 Å². The number of benzene rings is 1. The molecular weight excluding hydrogens is 264 g/mol. The first-order valence-corrected chi connectivity index (χ1v) is 6.39. The molecule has 5 nitrogen and oxygen atoms in total. The molecule has 1 aromatic carbocycles. The second-order valence-electron chi connectivity index (χ2n) is 3.76. The molecule has 1 aromatic heterocycles. The van der Waals surface area contributed by atoms with E-state index in [0.29, 0.717) is 27.8 Å². The SMILES string of the molecule is COc1csc(C(=O)Nc2ccc(OC)cc2N)c1. The standard InChI is InChI=1S/C13H14N2O3S/c1-17-8-3-4-11(10(14)5-8)15-13(16)12-6-9(18-2)7-19-12/h3-7H,14H2,1-2H3,(H,15,16). The van der Waals surface area contributed by atoms with E-state index in [1.165, 1.54) is 11.3 Å². The Morgan fingerprint density at radius 1 is 1.21 bits per heavy atom. The van der Waals surface area contributed by atoms with Crippen LogP contribution in [0.1, 0.15) is 9.67 Å². The lowest BCUT2D eigenvalue weighted by atomic mass is 10.2. The van der Waals surface area contributed by atoms with Gasteiger partial charge >= 0.3 is 0 Å². The zero-order valence-electron chi connectivity index (χ0n) is 10.6. The zero-order chi connectivity index (χ0) is 13.8. The molecule has 0 bridgehead atoms. The van der Waals surface area contributed by atoms with E-state index in [0.717, 1.165) is 0 Å². The molecule has 0 atom stereocenters. The van der Waals surface area contributed by atoms with Gasteiger partial charge in [0.15, 0.2) is 0 Å². The van der Waals surface area contributed by atoms with Crippen LogP contribution in [0, 0.1) is 0 Å². The Hall–Kier alpha value is -2.21. The van der Waals surface area contributed by atoms with Crippen LogP contribution in [-0.4, -0.2) is 20.1 Å². The highest BCUT2D eigenvalue weighted by atomic mass is 32.1. The molecule has 2 aromatic rings. The van der Waals surface area contributed by atoms with Crippen molar-refractivity contribution >= 4 is 28.6 Å². The van der Waals surface area contributed by atoms with Gasteiger partial charge in [0, 0.05) is 17.5 Å². The number of nitrogen functional groups attached to an aromatic ring is 1. The highest BCUT2D eigenvalue weighted by molar-refractivity contribution is 7.12. The summed E-state index contributed by atoms with van der Waals surface area (Å²) in [5.74, 6) is 1.09. The molecule has 0 fully saturated rings. The van der Waals surface area contributed by atoms with Crippen molar-refractivity contribution in [2.75, 3.05) is 25.3 Å². The Balaban J connectivity index is 2.14. The first-order valence-electron chi connectivity index (χ1n) is 5.51. The lowest BCUT2D eigenvalue weighted by Crippen LogP contribution is -2.11. The van der Waals surface area contributed by atoms with Crippen molar-refractivity contribution in [2.24, 2.45) is 0 Å². The van der Waals surface area contributed by atoms with Gasteiger partial charge in [-0.2, -0.15) is 0 Å². The minimum Gasteiger partial charge on any atom is -0.497 e. The molecule has 0 unspecified atom stereocenters. The van der Waals surface area contributed by atoms with Crippen LogP contribution in [0.25, 0.3) is 0 Å². The van der Waals surface area contributed by atoms with Crippen LogP contribution in [0.15, 0.2) is 29.6 Å². The summed E-state index contributed by atoms with van der Waals surface area (Å²) in [6.45, 7) is 0. The third-order valence-corrected chi connectivity index (χ3v) is 3.45. The summed E-state index contributed by atoms with van der Waals surface area (Å²) in [6, 6.07) is 6.78. The van der Waals surface area contributed by atoms with Gasteiger partial charge in [-0.1, -0.05) is 0 Å². The number of methoxy groups -OCH3 is 2. The minimum atomic E-state index is -0.217. The van der Waals surface area contributed by atoms with E-state index in [2.05, 4.69) is 5.32 Å². The second-order valence-corrected chi connectivity index (χ2v) is 4.67. The van der Waals surface area contributed by atoms with Crippen molar-refractivity contribution in [1.82, 2.24) is 0 Å². The lowest BCUT2D eigenvalue weighted by Gasteiger charge is -2.08. The maximum absolute atomic E-state index is 12.0. The molecule has 3 N–H and O–H groups in total. The molecular formula is C13H14N2O3S. The van der Waals surface area contributed by atoms with Crippen LogP contribution >= 0.6 is 11.3 Å². The van der Waals surface area contributed by atoms with Crippen LogP contribution in [0.4, 0.5) is 11.4 Å². The van der Waals surface area contributed by atoms with E-state index in [-0.39, 0.29) is 5.91 Å². The number of rotatable bonds is 4. The lowest BCUT2D eigenvalue weighted by molar-refractivity contribution is 0.103. The van der Waals surface area contributed by atoms with E-state index in [9.17, 15) is 4.79 Å². The van der Waals surface area contributed by atoms with Crippen molar-refractivity contribution in [3.05, 3.63) is 34.5 Å². The summed E-state index contributed by atoms with van der Waals surface area (Å²) in [5.41, 5.74) is 6.85. The van der Waals surface area contributed by atoms with Gasteiger partial charge in [0.25, 0.3) is 5.91 Å². The summed E-state index contributed by atoms with van der Waals surface area (Å²) < 4.78 is 10.1. The number of nitrogens with two attached hydrogens (primary N) is 1. The smallest absolute Gasteiger partial charge is 0.265 e. The molecule has 0 saturated carbocycles. The molecule has 6 heteroatoms. The fraction of sp³-hybridized carbons (Fsp3) is 0.154. The van der Waals surface area contributed by atoms with Crippen molar-refractivity contribution in [3.63, 3.8) is 0 Å². The van der Waals surface area contributed by atoms with Gasteiger partial charge in [0.2, 0.25) is 0 Å². The first-order chi connectivity index (χ1) is 9.13. The van der Waals surface area contributed by atoms with Crippen molar-refractivity contribution in [2.45, 2.75) is 0 Å². The predicted molar refractivity (Wildman–Crippen MR) is 76.2 cm³/mol.